The highest BCUT2D eigenvalue weighted by atomic mass is 32.1. The van der Waals surface area contributed by atoms with E-state index in [9.17, 15) is 4.79 Å². The highest BCUT2D eigenvalue weighted by molar-refractivity contribution is 7.21. The molecule has 6 heteroatoms. The first-order chi connectivity index (χ1) is 14.0. The van der Waals surface area contributed by atoms with E-state index in [0.717, 1.165) is 51.1 Å². The maximum atomic E-state index is 13.1. The molecule has 3 aromatic heterocycles. The van der Waals surface area contributed by atoms with Gasteiger partial charge in [-0.2, -0.15) is 0 Å². The number of rotatable bonds is 6. The molecule has 154 valence electrons. The second-order valence-electron chi connectivity index (χ2n) is 8.24. The van der Waals surface area contributed by atoms with Gasteiger partial charge < -0.3 is 14.8 Å². The van der Waals surface area contributed by atoms with Crippen molar-refractivity contribution in [1.82, 2.24) is 19.8 Å². The van der Waals surface area contributed by atoms with Gasteiger partial charge in [0.2, 0.25) is 0 Å². The third kappa shape index (κ3) is 4.23. The fourth-order valence-corrected chi connectivity index (χ4v) is 5.44. The summed E-state index contributed by atoms with van der Waals surface area (Å²) in [6.45, 7) is 10.6. The van der Waals surface area contributed by atoms with Crippen molar-refractivity contribution in [2.75, 3.05) is 26.2 Å². The monoisotopic (exact) mass is 410 g/mol. The third-order valence-corrected chi connectivity index (χ3v) is 6.92. The Morgan fingerprint density at radius 2 is 2.07 bits per heavy atom. The van der Waals surface area contributed by atoms with Crippen molar-refractivity contribution < 1.29 is 4.79 Å². The number of pyridine rings is 1. The fraction of sp³-hybridized carbons (Fsp3) is 0.478. The van der Waals surface area contributed by atoms with E-state index >= 15 is 0 Å². The van der Waals surface area contributed by atoms with Gasteiger partial charge in [-0.05, 0) is 76.4 Å². The molecule has 0 bridgehead atoms. The lowest BCUT2D eigenvalue weighted by molar-refractivity contribution is 0.0954. The first kappa shape index (κ1) is 20.1. The predicted octanol–water partition coefficient (Wildman–Crippen LogP) is 4.56. The summed E-state index contributed by atoms with van der Waals surface area (Å²) in [6, 6.07) is 8.18. The average Bonchev–Trinajstić information content (AvgIpc) is 3.24. The van der Waals surface area contributed by atoms with Crippen LogP contribution in [0.3, 0.4) is 0 Å². The molecule has 0 radical (unpaired) electrons. The number of thiophene rings is 1. The highest BCUT2D eigenvalue weighted by Gasteiger charge is 2.22. The van der Waals surface area contributed by atoms with Crippen molar-refractivity contribution in [3.8, 4) is 5.69 Å². The Bertz CT molecular complexity index is 986. The van der Waals surface area contributed by atoms with Crippen molar-refractivity contribution in [1.29, 1.82) is 0 Å². The van der Waals surface area contributed by atoms with Crippen LogP contribution in [0.15, 0.2) is 30.5 Å². The number of hydrogen-bond donors (Lipinski definition) is 1. The molecule has 1 saturated heterocycles. The van der Waals surface area contributed by atoms with Crippen molar-refractivity contribution in [2.45, 2.75) is 40.0 Å². The first-order valence-corrected chi connectivity index (χ1v) is 11.4. The fourth-order valence-electron chi connectivity index (χ4n) is 4.39. The molecule has 1 amide bonds. The van der Waals surface area contributed by atoms with Crippen LogP contribution in [0, 0.1) is 19.8 Å². The van der Waals surface area contributed by atoms with Gasteiger partial charge >= 0.3 is 0 Å². The Morgan fingerprint density at radius 3 is 2.83 bits per heavy atom. The summed E-state index contributed by atoms with van der Waals surface area (Å²) in [6.07, 6.45) is 5.41. The largest absolute Gasteiger partial charge is 0.351 e. The van der Waals surface area contributed by atoms with Gasteiger partial charge in [0.25, 0.3) is 5.91 Å². The zero-order valence-electron chi connectivity index (χ0n) is 17.6. The number of amides is 1. The van der Waals surface area contributed by atoms with Crippen LogP contribution in [-0.4, -0.2) is 46.5 Å². The zero-order valence-corrected chi connectivity index (χ0v) is 18.4. The van der Waals surface area contributed by atoms with Crippen LogP contribution in [0.1, 0.15) is 47.2 Å². The van der Waals surface area contributed by atoms with Crippen LogP contribution in [0.25, 0.3) is 15.9 Å². The van der Waals surface area contributed by atoms with Gasteiger partial charge in [0.1, 0.15) is 9.71 Å². The van der Waals surface area contributed by atoms with E-state index in [1.165, 1.54) is 37.3 Å². The summed E-state index contributed by atoms with van der Waals surface area (Å²) >= 11 is 1.48. The Labute approximate surface area is 176 Å². The summed E-state index contributed by atoms with van der Waals surface area (Å²) in [5.74, 6) is 0.794. The van der Waals surface area contributed by atoms with E-state index in [-0.39, 0.29) is 5.91 Å². The molecular formula is C23H30N4OS. The molecule has 0 saturated carbocycles. The Balaban J connectivity index is 1.50. The van der Waals surface area contributed by atoms with Gasteiger partial charge in [0, 0.05) is 36.1 Å². The Hall–Kier alpha value is -2.18. The van der Waals surface area contributed by atoms with Crippen LogP contribution < -0.4 is 5.32 Å². The number of fused-ring (bicyclic) bond motifs is 1. The minimum absolute atomic E-state index is 0.00233. The number of nitrogens with one attached hydrogen (secondary N) is 1. The SMILES string of the molecule is Cc1ccc(C)n1-c1c(C(=O)NCCCN2CCC[C@@H](C)C2)sc2ncccc12. The van der Waals surface area contributed by atoms with E-state index in [2.05, 4.69) is 58.7 Å². The van der Waals surface area contributed by atoms with Crippen LogP contribution in [-0.2, 0) is 0 Å². The molecule has 4 rings (SSSR count). The van der Waals surface area contributed by atoms with Crippen molar-refractivity contribution in [2.24, 2.45) is 5.92 Å². The molecule has 0 aliphatic carbocycles. The maximum absolute atomic E-state index is 13.1. The molecule has 1 aliphatic heterocycles. The van der Waals surface area contributed by atoms with E-state index in [0.29, 0.717) is 6.54 Å². The maximum Gasteiger partial charge on any atom is 0.263 e. The smallest absolute Gasteiger partial charge is 0.263 e. The normalized spacial score (nSPS) is 17.7. The summed E-state index contributed by atoms with van der Waals surface area (Å²) in [7, 11) is 0. The molecule has 0 aromatic carbocycles. The van der Waals surface area contributed by atoms with Crippen LogP contribution >= 0.6 is 11.3 Å². The minimum atomic E-state index is 0.00233. The topological polar surface area (TPSA) is 50.2 Å². The molecule has 0 unspecified atom stereocenters. The van der Waals surface area contributed by atoms with Gasteiger partial charge in [-0.3, -0.25) is 4.79 Å². The van der Waals surface area contributed by atoms with Gasteiger partial charge in [-0.1, -0.05) is 6.92 Å². The predicted molar refractivity (Wildman–Crippen MR) is 120 cm³/mol. The van der Waals surface area contributed by atoms with Gasteiger partial charge in [-0.25, -0.2) is 4.98 Å². The lowest BCUT2D eigenvalue weighted by Gasteiger charge is -2.30. The van der Waals surface area contributed by atoms with Crippen LogP contribution in [0.5, 0.6) is 0 Å². The lowest BCUT2D eigenvalue weighted by atomic mass is 10.0. The molecule has 1 fully saturated rings. The quantitative estimate of drug-likeness (QED) is 0.606. The van der Waals surface area contributed by atoms with E-state index in [1.807, 2.05) is 6.07 Å². The first-order valence-electron chi connectivity index (χ1n) is 10.6. The molecule has 3 aromatic rings. The molecule has 1 aliphatic rings. The number of piperidine rings is 1. The van der Waals surface area contributed by atoms with Crippen molar-refractivity contribution in [3.63, 3.8) is 0 Å². The average molecular weight is 411 g/mol. The van der Waals surface area contributed by atoms with Crippen LogP contribution in [0.2, 0.25) is 0 Å². The van der Waals surface area contributed by atoms with Crippen LogP contribution in [0.4, 0.5) is 0 Å². The molecular weight excluding hydrogens is 380 g/mol. The highest BCUT2D eigenvalue weighted by Crippen LogP contribution is 2.34. The molecule has 4 heterocycles. The number of aromatic nitrogens is 2. The van der Waals surface area contributed by atoms with Crippen molar-refractivity contribution in [3.05, 3.63) is 46.7 Å². The van der Waals surface area contributed by atoms with Gasteiger partial charge in [0.15, 0.2) is 0 Å². The van der Waals surface area contributed by atoms with Gasteiger partial charge in [0.05, 0.1) is 5.69 Å². The van der Waals surface area contributed by atoms with Crippen molar-refractivity contribution >= 4 is 27.5 Å². The number of likely N-dealkylation sites (tertiary alicyclic amines) is 1. The summed E-state index contributed by atoms with van der Waals surface area (Å²) < 4.78 is 2.17. The van der Waals surface area contributed by atoms with E-state index in [4.69, 9.17) is 0 Å². The minimum Gasteiger partial charge on any atom is -0.351 e. The number of carbonyl (C=O) groups excluding carboxylic acids is 1. The number of nitrogens with zero attached hydrogens (tertiary/aromatic N) is 3. The zero-order chi connectivity index (χ0) is 20.4. The summed E-state index contributed by atoms with van der Waals surface area (Å²) in [5.41, 5.74) is 3.21. The Kier molecular flexibility index (Phi) is 6.01. The summed E-state index contributed by atoms with van der Waals surface area (Å²) in [5, 5.41) is 4.19. The lowest BCUT2D eigenvalue weighted by Crippen LogP contribution is -2.36. The molecule has 0 spiro atoms. The number of aryl methyl sites for hydroxylation is 2. The summed E-state index contributed by atoms with van der Waals surface area (Å²) in [4.78, 5) is 21.8. The molecule has 29 heavy (non-hydrogen) atoms. The Morgan fingerprint density at radius 1 is 1.28 bits per heavy atom. The number of carbonyl (C=O) groups is 1. The second kappa shape index (κ2) is 8.67. The molecule has 1 atom stereocenters. The second-order valence-corrected chi connectivity index (χ2v) is 9.24. The molecule has 5 nitrogen and oxygen atoms in total. The van der Waals surface area contributed by atoms with E-state index in [1.54, 1.807) is 6.20 Å². The van der Waals surface area contributed by atoms with Gasteiger partial charge in [-0.15, -0.1) is 11.3 Å². The van der Waals surface area contributed by atoms with E-state index < -0.39 is 0 Å². The third-order valence-electron chi connectivity index (χ3n) is 5.82. The molecule has 1 N–H and O–H groups in total. The standard InChI is InChI=1S/C23H30N4OS/c1-16-7-5-13-26(15-16)14-6-12-24-22(28)21-20(27-17(2)9-10-18(27)3)19-8-4-11-25-23(19)29-21/h4,8-11,16H,5-7,12-15H2,1-3H3,(H,24,28)/t16-/m1/s1. The number of hydrogen-bond acceptors (Lipinski definition) is 4.